The lowest BCUT2D eigenvalue weighted by atomic mass is 10.1. The van der Waals surface area contributed by atoms with Gasteiger partial charge >= 0.3 is 0 Å². The van der Waals surface area contributed by atoms with Crippen LogP contribution in [0.3, 0.4) is 0 Å². The van der Waals surface area contributed by atoms with Gasteiger partial charge in [-0.05, 0) is 24.6 Å². The van der Waals surface area contributed by atoms with Crippen molar-refractivity contribution in [3.05, 3.63) is 35.5 Å². The van der Waals surface area contributed by atoms with Crippen LogP contribution in [0.4, 0.5) is 11.5 Å². The maximum Gasteiger partial charge on any atom is 0.267 e. The minimum absolute atomic E-state index is 0.0402. The number of hydrogen-bond donors (Lipinski definition) is 3. The first-order valence-corrected chi connectivity index (χ1v) is 6.75. The predicted molar refractivity (Wildman–Crippen MR) is 69.7 cm³/mol. The summed E-state index contributed by atoms with van der Waals surface area (Å²) in [6, 6.07) is 6.68. The number of benzene rings is 1. The zero-order valence-corrected chi connectivity index (χ0v) is 10.8. The van der Waals surface area contributed by atoms with Crippen molar-refractivity contribution in [2.24, 2.45) is 0 Å². The number of nitrogens with one attached hydrogen (secondary N) is 2. The number of anilines is 2. The second-order valence-electron chi connectivity index (χ2n) is 3.89. The van der Waals surface area contributed by atoms with Crippen molar-refractivity contribution >= 4 is 21.5 Å². The number of sulfonamides is 1. The Morgan fingerprint density at radius 1 is 1.47 bits per heavy atom. The van der Waals surface area contributed by atoms with Crippen LogP contribution in [-0.2, 0) is 10.0 Å². The Morgan fingerprint density at radius 3 is 2.79 bits per heavy atom. The number of nitrogen functional groups attached to an aromatic ring is 1. The molecule has 0 unspecified atom stereocenters. The Morgan fingerprint density at radius 2 is 2.21 bits per heavy atom. The summed E-state index contributed by atoms with van der Waals surface area (Å²) in [5.41, 5.74) is 6.88. The van der Waals surface area contributed by atoms with Gasteiger partial charge < -0.3 is 5.73 Å². The van der Waals surface area contributed by atoms with Crippen molar-refractivity contribution in [2.75, 3.05) is 10.5 Å². The van der Waals surface area contributed by atoms with Crippen LogP contribution in [0.2, 0.25) is 0 Å². The van der Waals surface area contributed by atoms with Crippen molar-refractivity contribution in [3.63, 3.8) is 0 Å². The standard InChI is InChI=1S/C11H11N5O2S/c1-7-2-3-8(5-12)4-9(7)16-19(17,18)10-6-14-15-11(10)13/h2-4,6,16H,1H3,(H3,13,14,15). The summed E-state index contributed by atoms with van der Waals surface area (Å²) in [5.74, 6) is -0.0402. The third-order valence-electron chi connectivity index (χ3n) is 2.53. The van der Waals surface area contributed by atoms with Crippen LogP contribution in [0.25, 0.3) is 0 Å². The van der Waals surface area contributed by atoms with Crippen LogP contribution >= 0.6 is 0 Å². The Bertz CT molecular complexity index is 758. The number of nitrogens with two attached hydrogens (primary N) is 1. The fourth-order valence-electron chi connectivity index (χ4n) is 1.50. The maximum absolute atomic E-state index is 12.1. The van der Waals surface area contributed by atoms with Gasteiger partial charge in [-0.1, -0.05) is 6.07 Å². The van der Waals surface area contributed by atoms with E-state index in [9.17, 15) is 8.42 Å². The van der Waals surface area contributed by atoms with Gasteiger partial charge in [-0.2, -0.15) is 10.4 Å². The summed E-state index contributed by atoms with van der Waals surface area (Å²) in [5, 5.41) is 14.7. The minimum atomic E-state index is -3.83. The second kappa shape index (κ2) is 4.62. The first kappa shape index (κ1) is 12.9. The zero-order valence-electron chi connectivity index (χ0n) is 10.0. The number of aromatic nitrogens is 2. The average molecular weight is 277 g/mol. The van der Waals surface area contributed by atoms with Crippen molar-refractivity contribution in [3.8, 4) is 6.07 Å². The van der Waals surface area contributed by atoms with E-state index in [1.54, 1.807) is 19.1 Å². The van der Waals surface area contributed by atoms with Crippen LogP contribution in [0.1, 0.15) is 11.1 Å². The van der Waals surface area contributed by atoms with E-state index in [-0.39, 0.29) is 10.7 Å². The lowest BCUT2D eigenvalue weighted by molar-refractivity contribution is 0.601. The highest BCUT2D eigenvalue weighted by Crippen LogP contribution is 2.22. The molecule has 0 aliphatic heterocycles. The topological polar surface area (TPSA) is 125 Å². The molecule has 2 rings (SSSR count). The normalized spacial score (nSPS) is 10.9. The van der Waals surface area contributed by atoms with Crippen molar-refractivity contribution in [1.82, 2.24) is 10.2 Å². The molecule has 0 aliphatic carbocycles. The first-order chi connectivity index (χ1) is 8.94. The number of rotatable bonds is 3. The van der Waals surface area contributed by atoms with E-state index in [0.717, 1.165) is 6.20 Å². The van der Waals surface area contributed by atoms with E-state index in [4.69, 9.17) is 11.0 Å². The second-order valence-corrected chi connectivity index (χ2v) is 5.55. The smallest absolute Gasteiger partial charge is 0.267 e. The average Bonchev–Trinajstić information content (AvgIpc) is 2.79. The molecular formula is C11H11N5O2S. The first-order valence-electron chi connectivity index (χ1n) is 5.26. The molecule has 0 saturated heterocycles. The van der Waals surface area contributed by atoms with Gasteiger partial charge in [0.05, 0.1) is 23.5 Å². The largest absolute Gasteiger partial charge is 0.383 e. The molecule has 19 heavy (non-hydrogen) atoms. The van der Waals surface area contributed by atoms with Crippen LogP contribution < -0.4 is 10.5 Å². The minimum Gasteiger partial charge on any atom is -0.383 e. The van der Waals surface area contributed by atoms with Gasteiger partial charge in [0.25, 0.3) is 10.0 Å². The van der Waals surface area contributed by atoms with Gasteiger partial charge in [0, 0.05) is 0 Å². The fourth-order valence-corrected chi connectivity index (χ4v) is 2.65. The van der Waals surface area contributed by atoms with Gasteiger partial charge in [-0.15, -0.1) is 0 Å². The van der Waals surface area contributed by atoms with E-state index in [1.165, 1.54) is 6.07 Å². The SMILES string of the molecule is Cc1ccc(C#N)cc1NS(=O)(=O)c1cn[nH]c1N. The number of H-pyrrole nitrogens is 1. The molecule has 0 spiro atoms. The molecule has 2 aromatic rings. The maximum atomic E-state index is 12.1. The van der Waals surface area contributed by atoms with Gasteiger partial charge in [-0.25, -0.2) is 8.42 Å². The third-order valence-corrected chi connectivity index (χ3v) is 3.93. The molecule has 1 aromatic carbocycles. The van der Waals surface area contributed by atoms with E-state index < -0.39 is 10.0 Å². The quantitative estimate of drug-likeness (QED) is 0.771. The molecule has 0 saturated carbocycles. The van der Waals surface area contributed by atoms with Crippen LogP contribution in [0.15, 0.2) is 29.3 Å². The lowest BCUT2D eigenvalue weighted by Crippen LogP contribution is -2.14. The van der Waals surface area contributed by atoms with E-state index >= 15 is 0 Å². The highest BCUT2D eigenvalue weighted by molar-refractivity contribution is 7.92. The number of nitrogens with zero attached hydrogens (tertiary/aromatic N) is 2. The Balaban J connectivity index is 2.42. The molecule has 0 bridgehead atoms. The molecule has 0 aliphatic rings. The molecule has 0 fully saturated rings. The fraction of sp³-hybridized carbons (Fsp3) is 0.0909. The highest BCUT2D eigenvalue weighted by Gasteiger charge is 2.20. The van der Waals surface area contributed by atoms with E-state index in [0.29, 0.717) is 16.8 Å². The van der Waals surface area contributed by atoms with Crippen LogP contribution in [-0.4, -0.2) is 18.6 Å². The molecule has 7 nitrogen and oxygen atoms in total. The molecule has 4 N–H and O–H groups in total. The van der Waals surface area contributed by atoms with Gasteiger partial charge in [0.2, 0.25) is 0 Å². The summed E-state index contributed by atoms with van der Waals surface area (Å²) in [7, 11) is -3.83. The predicted octanol–water partition coefficient (Wildman–Crippen LogP) is 0.973. The zero-order chi connectivity index (χ0) is 14.0. The molecule has 1 heterocycles. The van der Waals surface area contributed by atoms with Crippen molar-refractivity contribution < 1.29 is 8.42 Å². The molecule has 98 valence electrons. The molecular weight excluding hydrogens is 266 g/mol. The molecule has 1 aromatic heterocycles. The lowest BCUT2D eigenvalue weighted by Gasteiger charge is -2.09. The van der Waals surface area contributed by atoms with Crippen LogP contribution in [0.5, 0.6) is 0 Å². The number of hydrogen-bond acceptors (Lipinski definition) is 5. The monoisotopic (exact) mass is 277 g/mol. The Hall–Kier alpha value is -2.53. The van der Waals surface area contributed by atoms with Gasteiger partial charge in [0.1, 0.15) is 10.7 Å². The number of nitriles is 1. The van der Waals surface area contributed by atoms with Crippen LogP contribution in [0, 0.1) is 18.3 Å². The van der Waals surface area contributed by atoms with Crippen molar-refractivity contribution in [1.29, 1.82) is 5.26 Å². The summed E-state index contributed by atoms with van der Waals surface area (Å²) in [4.78, 5) is -0.130. The Labute approximate surface area is 110 Å². The summed E-state index contributed by atoms with van der Waals surface area (Å²) in [6.45, 7) is 1.73. The summed E-state index contributed by atoms with van der Waals surface area (Å²) in [6.07, 6.45) is 1.13. The third kappa shape index (κ3) is 2.51. The molecule has 0 atom stereocenters. The molecule has 0 amide bonds. The van der Waals surface area contributed by atoms with Gasteiger partial charge in [-0.3, -0.25) is 9.82 Å². The number of aromatic amines is 1. The van der Waals surface area contributed by atoms with Gasteiger partial charge in [0.15, 0.2) is 0 Å². The summed E-state index contributed by atoms with van der Waals surface area (Å²) < 4.78 is 26.6. The highest BCUT2D eigenvalue weighted by atomic mass is 32.2. The van der Waals surface area contributed by atoms with E-state index in [1.807, 2.05) is 6.07 Å². The van der Waals surface area contributed by atoms with Crippen molar-refractivity contribution in [2.45, 2.75) is 11.8 Å². The molecule has 0 radical (unpaired) electrons. The number of aryl methyl sites for hydroxylation is 1. The molecule has 8 heteroatoms. The summed E-state index contributed by atoms with van der Waals surface area (Å²) >= 11 is 0. The van der Waals surface area contributed by atoms with E-state index in [2.05, 4.69) is 14.9 Å². The Kier molecular flexibility index (Phi) is 3.14.